The summed E-state index contributed by atoms with van der Waals surface area (Å²) in [4.78, 5) is 14.5. The molecule has 0 aliphatic carbocycles. The van der Waals surface area contributed by atoms with Crippen LogP contribution < -0.4 is 0 Å². The molecule has 2 unspecified atom stereocenters. The predicted molar refractivity (Wildman–Crippen MR) is 113 cm³/mol. The Morgan fingerprint density at radius 2 is 2.04 bits per heavy atom. The highest BCUT2D eigenvalue weighted by atomic mass is 16.6. The number of hydrogen-bond acceptors (Lipinski definition) is 3. The summed E-state index contributed by atoms with van der Waals surface area (Å²) in [7, 11) is 0. The highest BCUT2D eigenvalue weighted by Crippen LogP contribution is 2.28. The molecule has 28 heavy (non-hydrogen) atoms. The maximum atomic E-state index is 12.5. The highest BCUT2D eigenvalue weighted by molar-refractivity contribution is 5.70. The molecule has 1 fully saturated rings. The number of cyclic esters (lactones) is 1. The van der Waals surface area contributed by atoms with Gasteiger partial charge in [-0.25, -0.2) is 4.79 Å². The van der Waals surface area contributed by atoms with Crippen molar-refractivity contribution in [2.24, 2.45) is 5.92 Å². The Hall–Kier alpha value is -1.99. The highest BCUT2D eigenvalue weighted by Gasteiger charge is 2.40. The maximum absolute atomic E-state index is 12.5. The number of carbonyl (C=O) groups excluding carboxylic acids is 1. The Morgan fingerprint density at radius 3 is 2.68 bits per heavy atom. The van der Waals surface area contributed by atoms with Crippen molar-refractivity contribution in [3.05, 3.63) is 35.9 Å². The van der Waals surface area contributed by atoms with Gasteiger partial charge in [-0.3, -0.25) is 4.90 Å². The van der Waals surface area contributed by atoms with Gasteiger partial charge < -0.3 is 9.47 Å². The summed E-state index contributed by atoms with van der Waals surface area (Å²) >= 11 is 0. The van der Waals surface area contributed by atoms with E-state index in [1.165, 1.54) is 0 Å². The first-order valence-corrected chi connectivity index (χ1v) is 10.6. The minimum Gasteiger partial charge on any atom is -0.447 e. The van der Waals surface area contributed by atoms with Crippen LogP contribution in [-0.2, 0) is 16.1 Å². The average molecular weight is 386 g/mol. The SMILES string of the molecule is CC#CCC(CC(CCCC)N1C(=O)OC[C@@H]1C(C)C)OCc1ccccc1. The first-order valence-electron chi connectivity index (χ1n) is 10.6. The smallest absolute Gasteiger partial charge is 0.410 e. The molecule has 0 spiro atoms. The zero-order chi connectivity index (χ0) is 20.4. The van der Waals surface area contributed by atoms with Gasteiger partial charge in [-0.05, 0) is 31.2 Å². The summed E-state index contributed by atoms with van der Waals surface area (Å²) in [5, 5.41) is 0. The first-order chi connectivity index (χ1) is 13.6. The molecule has 0 saturated carbocycles. The Balaban J connectivity index is 2.11. The topological polar surface area (TPSA) is 38.8 Å². The van der Waals surface area contributed by atoms with Crippen molar-refractivity contribution >= 4 is 6.09 Å². The second-order valence-corrected chi connectivity index (χ2v) is 7.88. The first kappa shape index (κ1) is 22.3. The second kappa shape index (κ2) is 11.8. The molecule has 1 saturated heterocycles. The van der Waals surface area contributed by atoms with Crippen LogP contribution >= 0.6 is 0 Å². The molecule has 154 valence electrons. The molecule has 1 aliphatic rings. The van der Waals surface area contributed by atoms with E-state index in [9.17, 15) is 4.79 Å². The minimum absolute atomic E-state index is 0.00396. The average Bonchev–Trinajstić information content (AvgIpc) is 3.09. The van der Waals surface area contributed by atoms with E-state index < -0.39 is 0 Å². The van der Waals surface area contributed by atoms with E-state index in [-0.39, 0.29) is 24.3 Å². The van der Waals surface area contributed by atoms with Gasteiger partial charge in [0.05, 0.1) is 18.8 Å². The van der Waals surface area contributed by atoms with Crippen molar-refractivity contribution in [3.63, 3.8) is 0 Å². The summed E-state index contributed by atoms with van der Waals surface area (Å²) < 4.78 is 11.7. The number of unbranched alkanes of at least 4 members (excludes halogenated alkanes) is 1. The van der Waals surface area contributed by atoms with E-state index in [1.54, 1.807) is 0 Å². The fraction of sp³-hybridized carbons (Fsp3) is 0.625. The second-order valence-electron chi connectivity index (χ2n) is 7.88. The maximum Gasteiger partial charge on any atom is 0.410 e. The van der Waals surface area contributed by atoms with Crippen molar-refractivity contribution in [1.82, 2.24) is 4.90 Å². The lowest BCUT2D eigenvalue weighted by Crippen LogP contribution is -2.46. The lowest BCUT2D eigenvalue weighted by Gasteiger charge is -2.34. The van der Waals surface area contributed by atoms with Gasteiger partial charge in [-0.2, -0.15) is 0 Å². The van der Waals surface area contributed by atoms with Gasteiger partial charge in [0, 0.05) is 12.5 Å². The normalized spacial score (nSPS) is 18.5. The molecule has 1 aromatic carbocycles. The number of ether oxygens (including phenoxy) is 2. The molecule has 1 aliphatic heterocycles. The monoisotopic (exact) mass is 385 g/mol. The Morgan fingerprint density at radius 1 is 1.29 bits per heavy atom. The fourth-order valence-corrected chi connectivity index (χ4v) is 3.71. The molecular weight excluding hydrogens is 350 g/mol. The Bertz CT molecular complexity index is 647. The fourth-order valence-electron chi connectivity index (χ4n) is 3.71. The molecule has 2 rings (SSSR count). The molecule has 1 aromatic rings. The Labute approximate surface area is 170 Å². The minimum atomic E-state index is -0.178. The zero-order valence-electron chi connectivity index (χ0n) is 17.8. The molecule has 0 aromatic heterocycles. The van der Waals surface area contributed by atoms with E-state index in [0.29, 0.717) is 25.6 Å². The van der Waals surface area contributed by atoms with Crippen LogP contribution in [0.4, 0.5) is 4.79 Å². The van der Waals surface area contributed by atoms with E-state index in [1.807, 2.05) is 30.0 Å². The molecule has 1 heterocycles. The van der Waals surface area contributed by atoms with Crippen LogP contribution in [0.5, 0.6) is 0 Å². The quantitative estimate of drug-likeness (QED) is 0.478. The third kappa shape index (κ3) is 6.56. The molecule has 0 radical (unpaired) electrons. The number of rotatable bonds is 11. The van der Waals surface area contributed by atoms with Crippen LogP contribution in [0.3, 0.4) is 0 Å². The van der Waals surface area contributed by atoms with Gasteiger partial charge in [0.2, 0.25) is 0 Å². The summed E-state index contributed by atoms with van der Waals surface area (Å²) in [5.41, 5.74) is 1.16. The van der Waals surface area contributed by atoms with Crippen LogP contribution in [0.1, 0.15) is 65.4 Å². The van der Waals surface area contributed by atoms with Crippen molar-refractivity contribution < 1.29 is 14.3 Å². The standard InChI is InChI=1S/C24H35NO3/c1-5-7-14-21(25-23(19(3)4)18-28-24(25)26)16-22(15-8-6-2)27-17-20-12-10-9-11-13-20/h9-13,19,21-23H,5,7,14-18H2,1-4H3/t21?,22?,23-/m1/s1. The molecule has 3 atom stereocenters. The zero-order valence-corrected chi connectivity index (χ0v) is 17.8. The Kier molecular flexibility index (Phi) is 9.37. The number of nitrogens with zero attached hydrogens (tertiary/aromatic N) is 1. The third-order valence-corrected chi connectivity index (χ3v) is 5.37. The molecule has 4 nitrogen and oxygen atoms in total. The lowest BCUT2D eigenvalue weighted by atomic mass is 9.96. The van der Waals surface area contributed by atoms with E-state index >= 15 is 0 Å². The van der Waals surface area contributed by atoms with Crippen LogP contribution in [0, 0.1) is 17.8 Å². The summed E-state index contributed by atoms with van der Waals surface area (Å²) in [6, 6.07) is 10.5. The van der Waals surface area contributed by atoms with Crippen LogP contribution in [0.2, 0.25) is 0 Å². The number of hydrogen-bond donors (Lipinski definition) is 0. The largest absolute Gasteiger partial charge is 0.447 e. The third-order valence-electron chi connectivity index (χ3n) is 5.37. The van der Waals surface area contributed by atoms with Crippen LogP contribution in [0.25, 0.3) is 0 Å². The number of amides is 1. The van der Waals surface area contributed by atoms with Gasteiger partial charge in [0.25, 0.3) is 0 Å². The van der Waals surface area contributed by atoms with Crippen molar-refractivity contribution in [2.75, 3.05) is 6.61 Å². The summed E-state index contributed by atoms with van der Waals surface area (Å²) in [5.74, 6) is 6.53. The van der Waals surface area contributed by atoms with Crippen molar-refractivity contribution in [1.29, 1.82) is 0 Å². The van der Waals surface area contributed by atoms with Crippen LogP contribution in [0.15, 0.2) is 30.3 Å². The molecule has 4 heteroatoms. The lowest BCUT2D eigenvalue weighted by molar-refractivity contribution is 0.0161. The molecular formula is C24H35NO3. The van der Waals surface area contributed by atoms with E-state index in [0.717, 1.165) is 31.2 Å². The van der Waals surface area contributed by atoms with Gasteiger partial charge in [-0.1, -0.05) is 63.9 Å². The molecule has 1 amide bonds. The van der Waals surface area contributed by atoms with E-state index in [2.05, 4.69) is 44.7 Å². The predicted octanol–water partition coefficient (Wildman–Crippen LogP) is 5.41. The van der Waals surface area contributed by atoms with Gasteiger partial charge >= 0.3 is 6.09 Å². The van der Waals surface area contributed by atoms with Crippen molar-refractivity contribution in [3.8, 4) is 11.8 Å². The van der Waals surface area contributed by atoms with E-state index in [4.69, 9.17) is 9.47 Å². The number of carbonyl (C=O) groups is 1. The van der Waals surface area contributed by atoms with Gasteiger partial charge in [0.1, 0.15) is 6.61 Å². The molecule has 0 bridgehead atoms. The van der Waals surface area contributed by atoms with Crippen LogP contribution in [-0.4, -0.2) is 35.8 Å². The molecule has 0 N–H and O–H groups in total. The summed E-state index contributed by atoms with van der Waals surface area (Å²) in [6.45, 7) is 9.41. The summed E-state index contributed by atoms with van der Waals surface area (Å²) in [6.07, 6.45) is 4.46. The number of benzene rings is 1. The van der Waals surface area contributed by atoms with Crippen molar-refractivity contribution in [2.45, 2.75) is 84.6 Å². The van der Waals surface area contributed by atoms with Gasteiger partial charge in [0.15, 0.2) is 0 Å². The van der Waals surface area contributed by atoms with Gasteiger partial charge in [-0.15, -0.1) is 11.8 Å².